The highest BCUT2D eigenvalue weighted by molar-refractivity contribution is 7.22. The van der Waals surface area contributed by atoms with Crippen LogP contribution in [0.5, 0.6) is 11.5 Å². The third-order valence-corrected chi connectivity index (χ3v) is 5.47. The Morgan fingerprint density at radius 3 is 2.39 bits per heavy atom. The first kappa shape index (κ1) is 20.1. The van der Waals surface area contributed by atoms with Crippen molar-refractivity contribution in [3.63, 3.8) is 0 Å². The molecule has 1 amide bonds. The maximum absolute atomic E-state index is 13.4. The number of carbonyl (C=O) groups excluding carboxylic acids is 1. The van der Waals surface area contributed by atoms with Gasteiger partial charge in [-0.05, 0) is 24.3 Å². The fraction of sp³-hybridized carbons (Fsp3) is 0.333. The van der Waals surface area contributed by atoms with Gasteiger partial charge in [-0.25, -0.2) is 4.98 Å². The fourth-order valence-electron chi connectivity index (χ4n) is 2.94. The van der Waals surface area contributed by atoms with Crippen LogP contribution in [-0.2, 0) is 0 Å². The number of rotatable bonds is 8. The molecule has 3 rings (SSSR count). The molecule has 7 heteroatoms. The standard InChI is InChI=1S/C21H25N3O3S/c1-23(2)10-7-11-24(21-22-18-8-5-6-9-19(18)28-21)20(25)15-12-16(26-3)14-17(13-15)27-4/h5-6,8-9,12-14H,7,10-11H2,1-4H3/p+1. The van der Waals surface area contributed by atoms with Crippen LogP contribution in [0.1, 0.15) is 16.8 Å². The molecule has 0 aliphatic heterocycles. The second-order valence-electron chi connectivity index (χ2n) is 6.83. The maximum atomic E-state index is 13.4. The summed E-state index contributed by atoms with van der Waals surface area (Å²) in [7, 11) is 7.37. The molecule has 6 nitrogen and oxygen atoms in total. The van der Waals surface area contributed by atoms with Gasteiger partial charge in [0.05, 0.1) is 45.1 Å². The van der Waals surface area contributed by atoms with E-state index in [-0.39, 0.29) is 5.91 Å². The summed E-state index contributed by atoms with van der Waals surface area (Å²) in [4.78, 5) is 21.2. The van der Waals surface area contributed by atoms with E-state index in [2.05, 4.69) is 14.1 Å². The number of hydrogen-bond acceptors (Lipinski definition) is 5. The van der Waals surface area contributed by atoms with E-state index in [4.69, 9.17) is 14.5 Å². The Morgan fingerprint density at radius 1 is 1.11 bits per heavy atom. The minimum atomic E-state index is -0.106. The van der Waals surface area contributed by atoms with E-state index in [1.54, 1.807) is 37.3 Å². The zero-order chi connectivity index (χ0) is 20.1. The van der Waals surface area contributed by atoms with Crippen LogP contribution in [0.2, 0.25) is 0 Å². The number of quaternary nitrogens is 1. The number of aromatic nitrogens is 1. The molecule has 3 aromatic rings. The van der Waals surface area contributed by atoms with Gasteiger partial charge in [0.15, 0.2) is 5.13 Å². The van der Waals surface area contributed by atoms with E-state index in [0.29, 0.717) is 28.7 Å². The molecule has 0 unspecified atom stereocenters. The number of thiazole rings is 1. The van der Waals surface area contributed by atoms with Crippen LogP contribution in [0.3, 0.4) is 0 Å². The molecule has 148 valence electrons. The van der Waals surface area contributed by atoms with E-state index < -0.39 is 0 Å². The summed E-state index contributed by atoms with van der Waals surface area (Å²) >= 11 is 1.53. The van der Waals surface area contributed by atoms with Gasteiger partial charge in [0.1, 0.15) is 11.5 Å². The maximum Gasteiger partial charge on any atom is 0.260 e. The summed E-state index contributed by atoms with van der Waals surface area (Å²) in [6.07, 6.45) is 0.880. The number of anilines is 1. The van der Waals surface area contributed by atoms with Crippen molar-refractivity contribution in [3.05, 3.63) is 48.0 Å². The lowest BCUT2D eigenvalue weighted by Gasteiger charge is -2.21. The Balaban J connectivity index is 1.96. The number of methoxy groups -OCH3 is 2. The molecule has 0 spiro atoms. The highest BCUT2D eigenvalue weighted by Gasteiger charge is 2.22. The summed E-state index contributed by atoms with van der Waals surface area (Å²) in [5, 5.41) is 0.710. The van der Waals surface area contributed by atoms with Crippen molar-refractivity contribution in [2.75, 3.05) is 46.3 Å². The molecule has 0 saturated heterocycles. The largest absolute Gasteiger partial charge is 0.497 e. The zero-order valence-electron chi connectivity index (χ0n) is 16.7. The molecule has 2 aromatic carbocycles. The number of fused-ring (bicyclic) bond motifs is 1. The first-order valence-electron chi connectivity index (χ1n) is 9.21. The number of benzene rings is 2. The van der Waals surface area contributed by atoms with E-state index in [1.807, 2.05) is 24.3 Å². The van der Waals surface area contributed by atoms with Crippen LogP contribution < -0.4 is 19.3 Å². The number of nitrogens with zero attached hydrogens (tertiary/aromatic N) is 2. The lowest BCUT2D eigenvalue weighted by Crippen LogP contribution is -3.05. The Bertz CT molecular complexity index is 900. The molecular weight excluding hydrogens is 374 g/mol. The van der Waals surface area contributed by atoms with Gasteiger partial charge in [0.25, 0.3) is 5.91 Å². The molecule has 0 fully saturated rings. The Hall–Kier alpha value is -2.64. The first-order valence-corrected chi connectivity index (χ1v) is 10.0. The SMILES string of the molecule is COc1cc(OC)cc(C(=O)N(CCC[NH+](C)C)c2nc3ccccc3s2)c1. The van der Waals surface area contributed by atoms with Crippen LogP contribution in [0.4, 0.5) is 5.13 Å². The highest BCUT2D eigenvalue weighted by Crippen LogP contribution is 2.31. The summed E-state index contributed by atoms with van der Waals surface area (Å²) < 4.78 is 11.7. The third-order valence-electron chi connectivity index (χ3n) is 4.42. The first-order chi connectivity index (χ1) is 13.5. The Labute approximate surface area is 169 Å². The van der Waals surface area contributed by atoms with Gasteiger partial charge < -0.3 is 14.4 Å². The second-order valence-corrected chi connectivity index (χ2v) is 7.84. The van der Waals surface area contributed by atoms with E-state index >= 15 is 0 Å². The van der Waals surface area contributed by atoms with E-state index in [0.717, 1.165) is 23.2 Å². The molecule has 0 aliphatic carbocycles. The molecule has 0 radical (unpaired) electrons. The molecule has 1 heterocycles. The van der Waals surface area contributed by atoms with Gasteiger partial charge in [0, 0.05) is 24.6 Å². The molecule has 28 heavy (non-hydrogen) atoms. The number of para-hydroxylation sites is 1. The molecule has 0 atom stereocenters. The minimum Gasteiger partial charge on any atom is -0.497 e. The second kappa shape index (κ2) is 9.03. The Kier molecular flexibility index (Phi) is 6.49. The summed E-state index contributed by atoms with van der Waals surface area (Å²) in [5.74, 6) is 1.07. The predicted octanol–water partition coefficient (Wildman–Crippen LogP) is 2.49. The van der Waals surface area contributed by atoms with Crippen LogP contribution in [0.15, 0.2) is 42.5 Å². The predicted molar refractivity (Wildman–Crippen MR) is 113 cm³/mol. The number of nitrogens with one attached hydrogen (secondary N) is 1. The number of carbonyl (C=O) groups is 1. The quantitative estimate of drug-likeness (QED) is 0.631. The van der Waals surface area contributed by atoms with E-state index in [1.165, 1.54) is 16.2 Å². The van der Waals surface area contributed by atoms with Crippen molar-refractivity contribution < 1.29 is 19.2 Å². The average molecular weight is 401 g/mol. The third kappa shape index (κ3) is 4.61. The lowest BCUT2D eigenvalue weighted by atomic mass is 10.1. The van der Waals surface area contributed by atoms with Gasteiger partial charge >= 0.3 is 0 Å². The normalized spacial score (nSPS) is 11.0. The number of amides is 1. The Morgan fingerprint density at radius 2 is 1.79 bits per heavy atom. The number of hydrogen-bond donors (Lipinski definition) is 1. The molecule has 0 bridgehead atoms. The van der Waals surface area contributed by atoms with Gasteiger partial charge in [0.2, 0.25) is 0 Å². The van der Waals surface area contributed by atoms with Crippen molar-refractivity contribution in [2.24, 2.45) is 0 Å². The number of ether oxygens (including phenoxy) is 2. The van der Waals surface area contributed by atoms with Gasteiger partial charge in [-0.3, -0.25) is 9.69 Å². The monoisotopic (exact) mass is 400 g/mol. The highest BCUT2D eigenvalue weighted by atomic mass is 32.1. The summed E-state index contributed by atoms with van der Waals surface area (Å²) in [5.41, 5.74) is 1.43. The lowest BCUT2D eigenvalue weighted by molar-refractivity contribution is -0.858. The van der Waals surface area contributed by atoms with Gasteiger partial charge in [-0.1, -0.05) is 23.5 Å². The smallest absolute Gasteiger partial charge is 0.260 e. The molecule has 1 aromatic heterocycles. The van der Waals surface area contributed by atoms with Crippen LogP contribution in [0.25, 0.3) is 10.2 Å². The van der Waals surface area contributed by atoms with Crippen LogP contribution in [0, 0.1) is 0 Å². The van der Waals surface area contributed by atoms with Crippen LogP contribution in [-0.4, -0.2) is 52.3 Å². The average Bonchev–Trinajstić information content (AvgIpc) is 3.13. The van der Waals surface area contributed by atoms with Crippen molar-refractivity contribution in [3.8, 4) is 11.5 Å². The van der Waals surface area contributed by atoms with Crippen LogP contribution >= 0.6 is 11.3 Å². The van der Waals surface area contributed by atoms with E-state index in [9.17, 15) is 4.79 Å². The molecular formula is C21H26N3O3S+. The summed E-state index contributed by atoms with van der Waals surface area (Å²) in [6, 6.07) is 13.2. The topological polar surface area (TPSA) is 56.1 Å². The summed E-state index contributed by atoms with van der Waals surface area (Å²) in [6.45, 7) is 1.57. The fourth-order valence-corrected chi connectivity index (χ4v) is 3.93. The van der Waals surface area contributed by atoms with Crippen molar-refractivity contribution in [1.82, 2.24) is 4.98 Å². The molecule has 0 aliphatic rings. The minimum absolute atomic E-state index is 0.106. The van der Waals surface area contributed by atoms with Gasteiger partial charge in [-0.15, -0.1) is 0 Å². The molecule has 1 N–H and O–H groups in total. The van der Waals surface area contributed by atoms with Crippen molar-refractivity contribution >= 4 is 32.6 Å². The molecule has 0 saturated carbocycles. The van der Waals surface area contributed by atoms with Gasteiger partial charge in [-0.2, -0.15) is 0 Å². The zero-order valence-corrected chi connectivity index (χ0v) is 17.5. The van der Waals surface area contributed by atoms with Crippen molar-refractivity contribution in [1.29, 1.82) is 0 Å². The van der Waals surface area contributed by atoms with Crippen molar-refractivity contribution in [2.45, 2.75) is 6.42 Å².